The summed E-state index contributed by atoms with van der Waals surface area (Å²) >= 11 is 0. The highest BCUT2D eigenvalue weighted by Crippen LogP contribution is 2.03. The standard InChI is InChI=1S/C13H18N2O.C5H9NO.C5H12.C4H11N3.C4H9N.C4H11N.C3H5NO2.CH3NO/c1-3-14-10-13(16)15-11(2)9-12-7-5-4-6-8-12;7-5-6-3-1-2-4-6;1-4-5(2)3;1-2-3-7-4(5)6;1-2-4-5-3-1;1-4(2)5-3;5-2-1-4-3-6;2-1-3/h3-8,11,14H,1,9-10H2,2H3,(H,15,16);5H,1-4H2;5H,4H2,1-3H3;2-3H2,1H3,(H4,5,6,7);5H,1-4H2;4-5H,1-3H3;2-3H,1H2,(H,4,6);1H,(H2,2,3). The second-order valence-corrected chi connectivity index (χ2v) is 12.4. The van der Waals surface area contributed by atoms with E-state index < -0.39 is 0 Å². The summed E-state index contributed by atoms with van der Waals surface area (Å²) in [5, 5.41) is 14.1. The minimum Gasteiger partial charge on any atom is -0.383 e. The Balaban J connectivity index is -0.000000181. The molecule has 15 nitrogen and oxygen atoms in total. The number of guanidine groups is 1. The first-order chi connectivity index (χ1) is 25.8. The maximum absolute atomic E-state index is 11.4. The van der Waals surface area contributed by atoms with Crippen LogP contribution in [0.3, 0.4) is 0 Å². The Hall–Kier alpha value is -4.50. The van der Waals surface area contributed by atoms with E-state index in [0.717, 1.165) is 44.8 Å². The third-order valence-electron chi connectivity index (χ3n) is 6.64. The molecule has 1 unspecified atom stereocenters. The highest BCUT2D eigenvalue weighted by molar-refractivity contribution is 5.78. The van der Waals surface area contributed by atoms with Gasteiger partial charge < -0.3 is 53.5 Å². The normalized spacial score (nSPS) is 12.1. The third-order valence-corrected chi connectivity index (χ3v) is 6.64. The molecule has 15 heteroatoms. The molecule has 0 saturated carbocycles. The molecule has 0 bridgehead atoms. The van der Waals surface area contributed by atoms with Gasteiger partial charge in [0, 0.05) is 31.7 Å². The lowest BCUT2D eigenvalue weighted by molar-refractivity contribution is -0.120. The van der Waals surface area contributed by atoms with Crippen molar-refractivity contribution in [2.24, 2.45) is 28.1 Å². The van der Waals surface area contributed by atoms with Crippen molar-refractivity contribution in [3.05, 3.63) is 48.7 Å². The van der Waals surface area contributed by atoms with Crippen LogP contribution in [0.2, 0.25) is 0 Å². The summed E-state index contributed by atoms with van der Waals surface area (Å²) in [5.74, 6) is 1.06. The number of primary amides is 1. The van der Waals surface area contributed by atoms with Gasteiger partial charge in [-0.15, -0.1) is 0 Å². The van der Waals surface area contributed by atoms with Gasteiger partial charge in [-0.3, -0.25) is 24.2 Å². The number of benzene rings is 1. The molecule has 2 fully saturated rings. The van der Waals surface area contributed by atoms with Crippen LogP contribution < -0.4 is 43.8 Å². The van der Waals surface area contributed by atoms with Crippen molar-refractivity contribution < 1.29 is 24.0 Å². The van der Waals surface area contributed by atoms with Crippen LogP contribution in [0.4, 0.5) is 0 Å². The van der Waals surface area contributed by atoms with Crippen LogP contribution in [0.15, 0.2) is 48.1 Å². The molecule has 0 spiro atoms. The summed E-state index contributed by atoms with van der Waals surface area (Å²) in [6.07, 6.45) is 12.1. The minimum atomic E-state index is -0.0108. The number of rotatable bonds is 14. The predicted octanol–water partition coefficient (Wildman–Crippen LogP) is 2.44. The van der Waals surface area contributed by atoms with E-state index >= 15 is 0 Å². The second kappa shape index (κ2) is 50.6. The quantitative estimate of drug-likeness (QED) is 0.0596. The largest absolute Gasteiger partial charge is 0.383 e. The van der Waals surface area contributed by atoms with Crippen molar-refractivity contribution in [3.63, 3.8) is 0 Å². The van der Waals surface area contributed by atoms with Gasteiger partial charge >= 0.3 is 0 Å². The van der Waals surface area contributed by atoms with Gasteiger partial charge in [-0.05, 0) is 83.3 Å². The fourth-order valence-corrected chi connectivity index (χ4v) is 3.32. The highest BCUT2D eigenvalue weighted by atomic mass is 16.2. The summed E-state index contributed by atoms with van der Waals surface area (Å²) in [4.78, 5) is 54.1. The zero-order valence-electron chi connectivity index (χ0n) is 34.8. The Labute approximate surface area is 327 Å². The van der Waals surface area contributed by atoms with Gasteiger partial charge in [0.05, 0.1) is 13.1 Å². The van der Waals surface area contributed by atoms with E-state index in [2.05, 4.69) is 90.6 Å². The summed E-state index contributed by atoms with van der Waals surface area (Å²) in [5.41, 5.74) is 15.4. The lowest BCUT2D eigenvalue weighted by Gasteiger charge is -2.13. The van der Waals surface area contributed by atoms with E-state index in [0.29, 0.717) is 18.7 Å². The summed E-state index contributed by atoms with van der Waals surface area (Å²) in [6.45, 7) is 24.0. The average molecular weight is 767 g/mol. The van der Waals surface area contributed by atoms with Crippen LogP contribution in [-0.2, 0) is 30.4 Å². The molecule has 54 heavy (non-hydrogen) atoms. The third kappa shape index (κ3) is 62.6. The molecule has 1 atom stereocenters. The van der Waals surface area contributed by atoms with Gasteiger partial charge in [0.25, 0.3) is 0 Å². The van der Waals surface area contributed by atoms with E-state index in [1.54, 1.807) is 4.90 Å². The van der Waals surface area contributed by atoms with Gasteiger partial charge in [0.1, 0.15) is 6.29 Å². The number of aliphatic imine (C=N–C) groups is 1. The maximum Gasteiger partial charge on any atom is 0.239 e. The number of hydrogen-bond donors (Lipinski definition) is 8. The van der Waals surface area contributed by atoms with Gasteiger partial charge in [-0.2, -0.15) is 0 Å². The molecule has 0 aromatic heterocycles. The summed E-state index contributed by atoms with van der Waals surface area (Å²) < 4.78 is 0. The number of carbonyl (C=O) groups excluding carboxylic acids is 5. The number of nitrogens with zero attached hydrogens (tertiary/aromatic N) is 2. The number of nitrogens with two attached hydrogens (primary N) is 3. The SMILES string of the molecule is C1CCNC1.C=CNCC(=O)NC(C)Cc1ccccc1.CCC(C)C.CCCN=C(N)N.CNC(C)C.NC=O.O=CCNC=O.O=CN1CCCC1. The van der Waals surface area contributed by atoms with E-state index in [4.69, 9.17) is 16.3 Å². The zero-order chi connectivity index (χ0) is 42.3. The molecule has 3 rings (SSSR count). The Morgan fingerprint density at radius 2 is 1.46 bits per heavy atom. The molecule has 2 aliphatic heterocycles. The Bertz CT molecular complexity index is 962. The number of likely N-dealkylation sites (tertiary alicyclic amines) is 1. The highest BCUT2D eigenvalue weighted by Gasteiger charge is 2.07. The first kappa shape index (κ1) is 58.8. The van der Waals surface area contributed by atoms with Crippen LogP contribution in [0.25, 0.3) is 0 Å². The Morgan fingerprint density at radius 1 is 0.944 bits per heavy atom. The number of nitrogens with one attached hydrogen (secondary N) is 5. The van der Waals surface area contributed by atoms with Crippen molar-refractivity contribution in [2.75, 3.05) is 52.9 Å². The Kier molecular flexibility index (Phi) is 55.1. The molecule has 314 valence electrons. The van der Waals surface area contributed by atoms with Gasteiger partial charge in [0.2, 0.25) is 25.1 Å². The van der Waals surface area contributed by atoms with Crippen molar-refractivity contribution in [2.45, 2.75) is 105 Å². The number of hydrogen-bond acceptors (Lipinski definition) is 9. The van der Waals surface area contributed by atoms with Crippen molar-refractivity contribution >= 4 is 37.4 Å². The number of carbonyl (C=O) groups is 5. The number of amides is 4. The average Bonchev–Trinajstić information content (AvgIpc) is 3.93. The van der Waals surface area contributed by atoms with Gasteiger partial charge in [0.15, 0.2) is 5.96 Å². The molecule has 4 amide bonds. The smallest absolute Gasteiger partial charge is 0.239 e. The molecule has 2 heterocycles. The molecule has 11 N–H and O–H groups in total. The number of aldehydes is 1. The van der Waals surface area contributed by atoms with E-state index in [-0.39, 0.29) is 37.4 Å². The van der Waals surface area contributed by atoms with Gasteiger partial charge in [-0.1, -0.05) is 84.9 Å². The molecule has 0 aliphatic carbocycles. The van der Waals surface area contributed by atoms with Crippen molar-refractivity contribution in [1.82, 2.24) is 31.5 Å². The van der Waals surface area contributed by atoms with Gasteiger partial charge in [-0.25, -0.2) is 0 Å². The van der Waals surface area contributed by atoms with Crippen molar-refractivity contribution in [3.8, 4) is 0 Å². The monoisotopic (exact) mass is 767 g/mol. The Morgan fingerprint density at radius 3 is 1.74 bits per heavy atom. The molecule has 1 aromatic rings. The van der Waals surface area contributed by atoms with E-state index in [1.807, 2.05) is 39.1 Å². The molecular formula is C39H78N10O5. The molecule has 0 radical (unpaired) electrons. The van der Waals surface area contributed by atoms with Crippen LogP contribution >= 0.6 is 0 Å². The molecule has 2 aliphatic rings. The van der Waals surface area contributed by atoms with Crippen LogP contribution in [0, 0.1) is 5.92 Å². The second-order valence-electron chi connectivity index (χ2n) is 12.4. The lowest BCUT2D eigenvalue weighted by atomic mass is 10.1. The summed E-state index contributed by atoms with van der Waals surface area (Å²) in [6, 6.07) is 10.9. The fraction of sp³-hybridized carbons (Fsp3) is 0.641. The predicted molar refractivity (Wildman–Crippen MR) is 226 cm³/mol. The topological polar surface area (TPSA) is 239 Å². The minimum absolute atomic E-state index is 0.0108. The first-order valence-electron chi connectivity index (χ1n) is 18.9. The first-order valence-corrected chi connectivity index (χ1v) is 18.9. The lowest BCUT2D eigenvalue weighted by Crippen LogP contribution is -2.38. The molecule has 2 saturated heterocycles. The van der Waals surface area contributed by atoms with E-state index in [1.165, 1.54) is 57.0 Å². The summed E-state index contributed by atoms with van der Waals surface area (Å²) in [7, 11) is 1.95. The van der Waals surface area contributed by atoms with Crippen LogP contribution in [0.5, 0.6) is 0 Å². The molecule has 1 aromatic carbocycles. The fourth-order valence-electron chi connectivity index (χ4n) is 3.32. The van der Waals surface area contributed by atoms with Crippen molar-refractivity contribution in [1.29, 1.82) is 0 Å². The zero-order valence-corrected chi connectivity index (χ0v) is 34.8. The molecular weight excluding hydrogens is 688 g/mol. The van der Waals surface area contributed by atoms with Crippen LogP contribution in [0.1, 0.15) is 92.6 Å². The maximum atomic E-state index is 11.4. The van der Waals surface area contributed by atoms with Crippen LogP contribution in [-0.4, -0.2) is 107 Å². The van der Waals surface area contributed by atoms with E-state index in [9.17, 15) is 19.2 Å².